The topological polar surface area (TPSA) is 35.5 Å². The maximum atomic E-state index is 11.1. The van der Waals surface area contributed by atoms with Crippen molar-refractivity contribution >= 4 is 5.97 Å². The van der Waals surface area contributed by atoms with E-state index in [1.807, 2.05) is 13.8 Å². The zero-order valence-corrected chi connectivity index (χ0v) is 7.92. The van der Waals surface area contributed by atoms with Crippen LogP contribution >= 0.6 is 0 Å². The third-order valence-electron chi connectivity index (χ3n) is 1.31. The summed E-state index contributed by atoms with van der Waals surface area (Å²) >= 11 is 0. The van der Waals surface area contributed by atoms with Crippen molar-refractivity contribution < 1.29 is 14.3 Å². The van der Waals surface area contributed by atoms with E-state index in [4.69, 9.17) is 9.47 Å². The molecule has 70 valence electrons. The number of carbonyl (C=O) groups excluding carboxylic acids is 1. The second kappa shape index (κ2) is 6.70. The highest BCUT2D eigenvalue weighted by atomic mass is 16.5. The molecule has 0 amide bonds. The third kappa shape index (κ3) is 4.01. The molecular formula is C9H16O3. The Balaban J connectivity index is 4.04. The van der Waals surface area contributed by atoms with Gasteiger partial charge in [0, 0.05) is 0 Å². The molecule has 0 spiro atoms. The first-order valence-corrected chi connectivity index (χ1v) is 4.23. The summed E-state index contributed by atoms with van der Waals surface area (Å²) in [4.78, 5) is 11.1. The molecule has 0 atom stereocenters. The number of ether oxygens (including phenoxy) is 2. The van der Waals surface area contributed by atoms with Crippen LogP contribution in [0.3, 0.4) is 0 Å². The lowest BCUT2D eigenvalue weighted by molar-refractivity contribution is -0.138. The number of hydrogen-bond donors (Lipinski definition) is 0. The Morgan fingerprint density at radius 3 is 2.33 bits per heavy atom. The second-order valence-electron chi connectivity index (χ2n) is 2.17. The lowest BCUT2D eigenvalue weighted by Crippen LogP contribution is -2.07. The van der Waals surface area contributed by atoms with Crippen molar-refractivity contribution in [2.75, 3.05) is 13.2 Å². The first kappa shape index (κ1) is 11.0. The molecule has 0 aliphatic heterocycles. The molecule has 0 aromatic carbocycles. The van der Waals surface area contributed by atoms with Crippen LogP contribution in [0.4, 0.5) is 0 Å². The molecular weight excluding hydrogens is 156 g/mol. The van der Waals surface area contributed by atoms with E-state index in [9.17, 15) is 4.79 Å². The molecule has 0 aliphatic rings. The van der Waals surface area contributed by atoms with Gasteiger partial charge in [-0.2, -0.15) is 0 Å². The molecule has 0 saturated heterocycles. The van der Waals surface area contributed by atoms with E-state index in [0.717, 1.165) is 0 Å². The van der Waals surface area contributed by atoms with Crippen LogP contribution in [0, 0.1) is 0 Å². The van der Waals surface area contributed by atoms with Gasteiger partial charge in [-0.15, -0.1) is 0 Å². The van der Waals surface area contributed by atoms with Gasteiger partial charge < -0.3 is 9.47 Å². The van der Waals surface area contributed by atoms with Gasteiger partial charge in [-0.1, -0.05) is 6.92 Å². The predicted molar refractivity (Wildman–Crippen MR) is 46.6 cm³/mol. The Labute approximate surface area is 73.4 Å². The normalized spacial score (nSPS) is 11.1. The van der Waals surface area contributed by atoms with Crippen LogP contribution in [-0.2, 0) is 14.3 Å². The molecule has 0 heterocycles. The van der Waals surface area contributed by atoms with Crippen molar-refractivity contribution in [1.29, 1.82) is 0 Å². The molecule has 0 unspecified atom stereocenters. The van der Waals surface area contributed by atoms with Crippen LogP contribution < -0.4 is 0 Å². The molecule has 0 N–H and O–H groups in total. The van der Waals surface area contributed by atoms with Gasteiger partial charge in [-0.3, -0.25) is 0 Å². The zero-order chi connectivity index (χ0) is 9.40. The van der Waals surface area contributed by atoms with Gasteiger partial charge in [0.15, 0.2) is 0 Å². The van der Waals surface area contributed by atoms with E-state index in [2.05, 4.69) is 0 Å². The maximum Gasteiger partial charge on any atom is 0.337 e. The van der Waals surface area contributed by atoms with Gasteiger partial charge in [0.2, 0.25) is 0 Å². The number of esters is 1. The van der Waals surface area contributed by atoms with Gasteiger partial charge in [0.05, 0.1) is 25.0 Å². The zero-order valence-electron chi connectivity index (χ0n) is 7.92. The Morgan fingerprint density at radius 2 is 1.92 bits per heavy atom. The van der Waals surface area contributed by atoms with Gasteiger partial charge >= 0.3 is 5.97 Å². The number of carbonyl (C=O) groups is 1. The molecule has 0 aromatic rings. The number of rotatable bonds is 5. The van der Waals surface area contributed by atoms with Gasteiger partial charge in [0.25, 0.3) is 0 Å². The molecule has 0 radical (unpaired) electrons. The summed E-state index contributed by atoms with van der Waals surface area (Å²) in [5, 5.41) is 0. The van der Waals surface area contributed by atoms with Crippen LogP contribution in [0.5, 0.6) is 0 Å². The minimum Gasteiger partial charge on any atom is -0.501 e. The largest absolute Gasteiger partial charge is 0.501 e. The van der Waals surface area contributed by atoms with Crippen molar-refractivity contribution in [2.45, 2.75) is 27.2 Å². The molecule has 0 fully saturated rings. The fourth-order valence-corrected chi connectivity index (χ4v) is 0.684. The SMILES string of the molecule is CCOC=C(CC)C(=O)OCC. The van der Waals surface area contributed by atoms with Crippen molar-refractivity contribution in [3.05, 3.63) is 11.8 Å². The summed E-state index contributed by atoms with van der Waals surface area (Å²) in [5.74, 6) is -0.284. The highest BCUT2D eigenvalue weighted by Gasteiger charge is 2.07. The average Bonchev–Trinajstić information content (AvgIpc) is 2.06. The van der Waals surface area contributed by atoms with Gasteiger partial charge in [-0.25, -0.2) is 4.79 Å². The molecule has 0 aliphatic carbocycles. The Kier molecular flexibility index (Phi) is 6.15. The van der Waals surface area contributed by atoms with Crippen molar-refractivity contribution in [3.63, 3.8) is 0 Å². The molecule has 0 aromatic heterocycles. The van der Waals surface area contributed by atoms with Crippen molar-refractivity contribution in [1.82, 2.24) is 0 Å². The first-order valence-electron chi connectivity index (χ1n) is 4.23. The molecule has 3 heteroatoms. The van der Waals surface area contributed by atoms with E-state index in [0.29, 0.717) is 25.2 Å². The standard InChI is InChI=1S/C9H16O3/c1-4-8(7-11-5-2)9(10)12-6-3/h7H,4-6H2,1-3H3. The van der Waals surface area contributed by atoms with Gasteiger partial charge in [-0.05, 0) is 20.3 Å². The van der Waals surface area contributed by atoms with E-state index < -0.39 is 0 Å². The Hall–Kier alpha value is -0.990. The molecule has 0 rings (SSSR count). The lowest BCUT2D eigenvalue weighted by Gasteiger charge is -2.03. The lowest BCUT2D eigenvalue weighted by atomic mass is 10.2. The van der Waals surface area contributed by atoms with Crippen molar-refractivity contribution in [3.8, 4) is 0 Å². The van der Waals surface area contributed by atoms with Crippen LogP contribution in [0.15, 0.2) is 11.8 Å². The van der Waals surface area contributed by atoms with E-state index in [1.165, 1.54) is 6.26 Å². The summed E-state index contributed by atoms with van der Waals surface area (Å²) in [7, 11) is 0. The average molecular weight is 172 g/mol. The van der Waals surface area contributed by atoms with Crippen LogP contribution in [0.25, 0.3) is 0 Å². The minimum absolute atomic E-state index is 0.284. The molecule has 0 bridgehead atoms. The Bertz CT molecular complexity index is 161. The summed E-state index contributed by atoms with van der Waals surface area (Å²) in [6.45, 7) is 6.52. The molecule has 0 saturated carbocycles. The highest BCUT2D eigenvalue weighted by Crippen LogP contribution is 2.03. The summed E-state index contributed by atoms with van der Waals surface area (Å²) in [6, 6.07) is 0. The van der Waals surface area contributed by atoms with Crippen LogP contribution in [0.2, 0.25) is 0 Å². The fourth-order valence-electron chi connectivity index (χ4n) is 0.684. The summed E-state index contributed by atoms with van der Waals surface area (Å²) < 4.78 is 9.80. The second-order valence-corrected chi connectivity index (χ2v) is 2.17. The van der Waals surface area contributed by atoms with Crippen LogP contribution in [-0.4, -0.2) is 19.2 Å². The quantitative estimate of drug-likeness (QED) is 0.361. The highest BCUT2D eigenvalue weighted by molar-refractivity contribution is 5.87. The van der Waals surface area contributed by atoms with Gasteiger partial charge in [0.1, 0.15) is 0 Å². The molecule has 3 nitrogen and oxygen atoms in total. The third-order valence-corrected chi connectivity index (χ3v) is 1.31. The molecule has 12 heavy (non-hydrogen) atoms. The summed E-state index contributed by atoms with van der Waals surface area (Å²) in [6.07, 6.45) is 2.11. The monoisotopic (exact) mass is 172 g/mol. The van der Waals surface area contributed by atoms with E-state index in [-0.39, 0.29) is 5.97 Å². The smallest absolute Gasteiger partial charge is 0.337 e. The minimum atomic E-state index is -0.284. The van der Waals surface area contributed by atoms with E-state index in [1.54, 1.807) is 6.92 Å². The fraction of sp³-hybridized carbons (Fsp3) is 0.667. The van der Waals surface area contributed by atoms with Crippen molar-refractivity contribution in [2.24, 2.45) is 0 Å². The number of hydrogen-bond acceptors (Lipinski definition) is 3. The first-order chi connectivity index (χ1) is 5.76. The Morgan fingerprint density at radius 1 is 1.25 bits per heavy atom. The van der Waals surface area contributed by atoms with Crippen LogP contribution in [0.1, 0.15) is 27.2 Å². The predicted octanol–water partition coefficient (Wildman–Crippen LogP) is 1.88. The maximum absolute atomic E-state index is 11.1. The summed E-state index contributed by atoms with van der Waals surface area (Å²) in [5.41, 5.74) is 0.582. The van der Waals surface area contributed by atoms with E-state index >= 15 is 0 Å².